The van der Waals surface area contributed by atoms with Crippen molar-refractivity contribution in [2.24, 2.45) is 0 Å². The van der Waals surface area contributed by atoms with Crippen molar-refractivity contribution in [3.63, 3.8) is 0 Å². The van der Waals surface area contributed by atoms with Crippen LogP contribution in [-0.4, -0.2) is 25.3 Å². The predicted molar refractivity (Wildman–Crippen MR) is 86.2 cm³/mol. The van der Waals surface area contributed by atoms with Crippen LogP contribution in [0.15, 0.2) is 30.5 Å². The lowest BCUT2D eigenvalue weighted by Gasteiger charge is -2.23. The van der Waals surface area contributed by atoms with Gasteiger partial charge in [0.15, 0.2) is 0 Å². The van der Waals surface area contributed by atoms with Gasteiger partial charge in [0.2, 0.25) is 0 Å². The summed E-state index contributed by atoms with van der Waals surface area (Å²) in [5, 5.41) is 14.3. The zero-order valence-corrected chi connectivity index (χ0v) is 12.3. The maximum Gasteiger partial charge on any atom is 0.0270 e. The van der Waals surface area contributed by atoms with Crippen molar-refractivity contribution in [1.29, 1.82) is 5.41 Å². The molecule has 1 aromatic rings. The van der Waals surface area contributed by atoms with Crippen molar-refractivity contribution in [2.75, 3.05) is 13.1 Å². The van der Waals surface area contributed by atoms with E-state index in [0.717, 1.165) is 30.6 Å². The van der Waals surface area contributed by atoms with Crippen molar-refractivity contribution in [3.8, 4) is 0 Å². The molecule has 0 radical (unpaired) electrons. The summed E-state index contributed by atoms with van der Waals surface area (Å²) in [7, 11) is 0. The van der Waals surface area contributed by atoms with Crippen LogP contribution in [0.1, 0.15) is 37.3 Å². The standard InChI is InChI=1S/C17H25N3/c1-2-19-13-16(12-18)15-7-5-6-14(10-15)11-17-8-3-4-9-20-17/h5-7,10,12-13,17-20H,2-4,8-9,11H2,1H3/b16-13+,18-12?/t17-/m0/s1. The highest BCUT2D eigenvalue weighted by atomic mass is 14.9. The molecule has 108 valence electrons. The summed E-state index contributed by atoms with van der Waals surface area (Å²) in [5.41, 5.74) is 3.41. The van der Waals surface area contributed by atoms with Crippen LogP contribution in [0.2, 0.25) is 0 Å². The van der Waals surface area contributed by atoms with E-state index in [1.54, 1.807) is 0 Å². The summed E-state index contributed by atoms with van der Waals surface area (Å²) in [6.07, 6.45) is 8.34. The molecule has 0 amide bonds. The van der Waals surface area contributed by atoms with Gasteiger partial charge in [-0.05, 0) is 43.9 Å². The third-order valence-electron chi connectivity index (χ3n) is 3.77. The molecular weight excluding hydrogens is 246 g/mol. The van der Waals surface area contributed by atoms with Gasteiger partial charge in [-0.15, -0.1) is 0 Å². The number of hydrogen-bond acceptors (Lipinski definition) is 3. The fraction of sp³-hybridized carbons (Fsp3) is 0.471. The van der Waals surface area contributed by atoms with Gasteiger partial charge in [-0.2, -0.15) is 0 Å². The Kier molecular flexibility index (Phi) is 5.81. The molecule has 1 aliphatic heterocycles. The molecule has 1 aromatic carbocycles. The number of rotatable bonds is 6. The van der Waals surface area contributed by atoms with Gasteiger partial charge in [-0.1, -0.05) is 30.7 Å². The lowest BCUT2D eigenvalue weighted by molar-refractivity contribution is 0.399. The zero-order valence-electron chi connectivity index (χ0n) is 12.3. The highest BCUT2D eigenvalue weighted by Crippen LogP contribution is 2.17. The molecule has 1 saturated heterocycles. The van der Waals surface area contributed by atoms with Crippen molar-refractivity contribution in [1.82, 2.24) is 10.6 Å². The van der Waals surface area contributed by atoms with Crippen LogP contribution < -0.4 is 10.6 Å². The van der Waals surface area contributed by atoms with Crippen molar-refractivity contribution >= 4 is 11.8 Å². The molecule has 2 rings (SSSR count). The molecule has 0 spiro atoms. The van der Waals surface area contributed by atoms with E-state index in [0.29, 0.717) is 6.04 Å². The van der Waals surface area contributed by atoms with E-state index in [2.05, 4.69) is 41.8 Å². The summed E-state index contributed by atoms with van der Waals surface area (Å²) in [5.74, 6) is 0. The number of benzene rings is 1. The summed E-state index contributed by atoms with van der Waals surface area (Å²) in [6, 6.07) is 9.18. The quantitative estimate of drug-likeness (QED) is 0.697. The third kappa shape index (κ3) is 4.20. The average molecular weight is 271 g/mol. The van der Waals surface area contributed by atoms with Crippen LogP contribution in [0.25, 0.3) is 5.57 Å². The minimum absolute atomic E-state index is 0.611. The number of allylic oxidation sites excluding steroid dienone is 1. The monoisotopic (exact) mass is 271 g/mol. The minimum Gasteiger partial charge on any atom is -0.391 e. The predicted octanol–water partition coefficient (Wildman–Crippen LogP) is 2.97. The summed E-state index contributed by atoms with van der Waals surface area (Å²) in [6.45, 7) is 4.09. The first kappa shape index (κ1) is 14.8. The fourth-order valence-electron chi connectivity index (χ4n) is 2.68. The Balaban J connectivity index is 2.08. The van der Waals surface area contributed by atoms with E-state index in [-0.39, 0.29) is 0 Å². The summed E-state index contributed by atoms with van der Waals surface area (Å²) in [4.78, 5) is 0. The highest BCUT2D eigenvalue weighted by Gasteiger charge is 2.13. The zero-order chi connectivity index (χ0) is 14.2. The molecule has 0 aliphatic carbocycles. The second-order valence-electron chi connectivity index (χ2n) is 5.35. The molecular formula is C17H25N3. The topological polar surface area (TPSA) is 47.9 Å². The Hall–Kier alpha value is -1.61. The first-order valence-electron chi connectivity index (χ1n) is 7.60. The molecule has 20 heavy (non-hydrogen) atoms. The van der Waals surface area contributed by atoms with Crippen LogP contribution in [0.4, 0.5) is 0 Å². The Morgan fingerprint density at radius 2 is 2.35 bits per heavy atom. The van der Waals surface area contributed by atoms with Gasteiger partial charge >= 0.3 is 0 Å². The first-order chi connectivity index (χ1) is 9.83. The van der Waals surface area contributed by atoms with E-state index < -0.39 is 0 Å². The van der Waals surface area contributed by atoms with E-state index in [4.69, 9.17) is 5.41 Å². The molecule has 1 fully saturated rings. The normalized spacial score (nSPS) is 19.6. The third-order valence-corrected chi connectivity index (χ3v) is 3.77. The Morgan fingerprint density at radius 3 is 3.05 bits per heavy atom. The van der Waals surface area contributed by atoms with Crippen LogP contribution >= 0.6 is 0 Å². The molecule has 3 nitrogen and oxygen atoms in total. The number of hydrogen-bond donors (Lipinski definition) is 3. The number of piperidine rings is 1. The maximum absolute atomic E-state index is 7.55. The molecule has 1 aliphatic rings. The first-order valence-corrected chi connectivity index (χ1v) is 7.60. The van der Waals surface area contributed by atoms with Gasteiger partial charge in [0.05, 0.1) is 0 Å². The minimum atomic E-state index is 0.611. The molecule has 0 bridgehead atoms. The van der Waals surface area contributed by atoms with Gasteiger partial charge in [-0.25, -0.2) is 0 Å². The smallest absolute Gasteiger partial charge is 0.0270 e. The van der Waals surface area contributed by atoms with Gasteiger partial charge < -0.3 is 16.0 Å². The Bertz CT molecular complexity index is 459. The SMILES string of the molecule is CCN/C=C(\C=N)c1cccc(C[C@@H]2CCCCN2)c1. The lowest BCUT2D eigenvalue weighted by atomic mass is 9.95. The van der Waals surface area contributed by atoms with E-state index in [1.165, 1.54) is 31.0 Å². The van der Waals surface area contributed by atoms with Crippen LogP contribution in [-0.2, 0) is 6.42 Å². The van der Waals surface area contributed by atoms with Gasteiger partial charge in [0.1, 0.15) is 0 Å². The molecule has 3 N–H and O–H groups in total. The average Bonchev–Trinajstić information content (AvgIpc) is 2.49. The van der Waals surface area contributed by atoms with Crippen LogP contribution in [0.5, 0.6) is 0 Å². The Labute approximate surface area is 122 Å². The maximum atomic E-state index is 7.55. The number of nitrogens with one attached hydrogen (secondary N) is 3. The molecule has 1 atom stereocenters. The van der Waals surface area contributed by atoms with E-state index >= 15 is 0 Å². The van der Waals surface area contributed by atoms with Gasteiger partial charge in [0.25, 0.3) is 0 Å². The van der Waals surface area contributed by atoms with Gasteiger partial charge in [0, 0.05) is 30.6 Å². The summed E-state index contributed by atoms with van der Waals surface area (Å²) < 4.78 is 0. The van der Waals surface area contributed by atoms with Gasteiger partial charge in [-0.3, -0.25) is 0 Å². The summed E-state index contributed by atoms with van der Waals surface area (Å²) >= 11 is 0. The van der Waals surface area contributed by atoms with Crippen molar-refractivity contribution < 1.29 is 0 Å². The molecule has 0 unspecified atom stereocenters. The molecule has 1 heterocycles. The fourth-order valence-corrected chi connectivity index (χ4v) is 2.68. The van der Waals surface area contributed by atoms with Crippen molar-refractivity contribution in [2.45, 2.75) is 38.6 Å². The Morgan fingerprint density at radius 1 is 1.45 bits per heavy atom. The second-order valence-corrected chi connectivity index (χ2v) is 5.35. The van der Waals surface area contributed by atoms with Crippen LogP contribution in [0, 0.1) is 5.41 Å². The van der Waals surface area contributed by atoms with Crippen molar-refractivity contribution in [3.05, 3.63) is 41.6 Å². The molecule has 0 saturated carbocycles. The molecule has 0 aromatic heterocycles. The molecule has 3 heteroatoms. The largest absolute Gasteiger partial charge is 0.391 e. The van der Waals surface area contributed by atoms with E-state index in [1.807, 2.05) is 6.20 Å². The van der Waals surface area contributed by atoms with E-state index in [9.17, 15) is 0 Å². The lowest BCUT2D eigenvalue weighted by Crippen LogP contribution is -2.35. The second kappa shape index (κ2) is 7.85. The highest BCUT2D eigenvalue weighted by molar-refractivity contribution is 6.08. The van der Waals surface area contributed by atoms with Crippen LogP contribution in [0.3, 0.4) is 0 Å².